The molecule has 1 N–H and O–H groups in total. The van der Waals surface area contributed by atoms with Crippen molar-refractivity contribution < 1.29 is 14.6 Å². The van der Waals surface area contributed by atoms with E-state index in [0.29, 0.717) is 30.5 Å². The Hall–Kier alpha value is -2.95. The molecule has 3 heterocycles. The normalized spacial score (nSPS) is 21.6. The first-order valence-electron chi connectivity index (χ1n) is 13.1. The summed E-state index contributed by atoms with van der Waals surface area (Å²) < 4.78 is 6.41. The topological polar surface area (TPSA) is 78.8 Å². The third kappa shape index (κ3) is 6.63. The van der Waals surface area contributed by atoms with E-state index < -0.39 is 0 Å². The fraction of sp³-hybridized carbons (Fsp3) is 0.552. The summed E-state index contributed by atoms with van der Waals surface area (Å²) in [6.07, 6.45) is 11.2. The van der Waals surface area contributed by atoms with Crippen LogP contribution in [0.5, 0.6) is 5.88 Å². The Morgan fingerprint density at radius 3 is 2.81 bits per heavy atom. The number of ether oxygens (including phenoxy) is 1. The van der Waals surface area contributed by atoms with Crippen molar-refractivity contribution >= 4 is 5.91 Å². The molecule has 7 nitrogen and oxygen atoms in total. The first kappa shape index (κ1) is 26.1. The van der Waals surface area contributed by atoms with Crippen molar-refractivity contribution in [2.45, 2.75) is 64.6 Å². The van der Waals surface area contributed by atoms with Crippen molar-refractivity contribution in [2.24, 2.45) is 11.8 Å². The Morgan fingerprint density at radius 1 is 1.28 bits per heavy atom. The number of pyridine rings is 2. The van der Waals surface area contributed by atoms with Crippen molar-refractivity contribution in [3.8, 4) is 17.7 Å². The summed E-state index contributed by atoms with van der Waals surface area (Å²) in [5.41, 5.74) is 2.27. The molecule has 1 aliphatic carbocycles. The van der Waals surface area contributed by atoms with Crippen LogP contribution in [0.25, 0.3) is 0 Å². The van der Waals surface area contributed by atoms with Crippen LogP contribution < -0.4 is 4.74 Å². The standard InChI is InChI=1S/C29H38N4O3/c1-21-17-33(22(2)20-34)29(35)26-14-24(12-11-23-8-5-4-6-9-23)16-31-28(26)36-27(21)19-32(3)18-25-10-7-13-30-15-25/h7,10,13-16,21-23,27,34H,4-6,8-9,17-20H2,1-3H3/t21-,22-,27+/m0/s1. The molecule has 7 heteroatoms. The van der Waals surface area contributed by atoms with Gasteiger partial charge in [0.05, 0.1) is 12.6 Å². The molecule has 192 valence electrons. The first-order valence-corrected chi connectivity index (χ1v) is 13.1. The van der Waals surface area contributed by atoms with Crippen LogP contribution in [0.1, 0.15) is 67.4 Å². The number of hydrogen-bond acceptors (Lipinski definition) is 6. The Labute approximate surface area is 214 Å². The molecule has 1 aliphatic heterocycles. The van der Waals surface area contributed by atoms with Gasteiger partial charge in [0, 0.05) is 55.6 Å². The Bertz CT molecular complexity index is 1070. The van der Waals surface area contributed by atoms with Gasteiger partial charge in [-0.1, -0.05) is 44.1 Å². The van der Waals surface area contributed by atoms with Crippen LogP contribution in [-0.4, -0.2) is 69.7 Å². The number of likely N-dealkylation sites (N-methyl/N-ethyl adjacent to an activating group) is 1. The van der Waals surface area contributed by atoms with E-state index in [2.05, 4.69) is 46.7 Å². The van der Waals surface area contributed by atoms with Crippen molar-refractivity contribution in [1.82, 2.24) is 19.8 Å². The number of rotatable bonds is 6. The highest BCUT2D eigenvalue weighted by Crippen LogP contribution is 2.28. The lowest BCUT2D eigenvalue weighted by Gasteiger charge is -2.37. The van der Waals surface area contributed by atoms with Crippen molar-refractivity contribution in [1.29, 1.82) is 0 Å². The van der Waals surface area contributed by atoms with Crippen LogP contribution >= 0.6 is 0 Å². The van der Waals surface area contributed by atoms with Gasteiger partial charge in [-0.3, -0.25) is 14.7 Å². The molecule has 0 spiro atoms. The van der Waals surface area contributed by atoms with Gasteiger partial charge in [-0.2, -0.15) is 0 Å². The molecule has 0 saturated heterocycles. The number of carbonyl (C=O) groups is 1. The summed E-state index contributed by atoms with van der Waals surface area (Å²) in [4.78, 5) is 26.3. The molecule has 2 aromatic rings. The number of nitrogens with zero attached hydrogens (tertiary/aromatic N) is 4. The number of aliphatic hydroxyl groups excluding tert-OH is 1. The zero-order valence-electron chi connectivity index (χ0n) is 21.7. The maximum absolute atomic E-state index is 13.6. The SMILES string of the molecule is C[C@H]1CN([C@@H](C)CO)C(=O)c2cc(C#CC3CCCCC3)cnc2O[C@@H]1CN(C)Cc1cccnc1. The molecule has 1 fully saturated rings. The smallest absolute Gasteiger partial charge is 0.259 e. The second-order valence-corrected chi connectivity index (χ2v) is 10.4. The molecule has 1 saturated carbocycles. The molecule has 2 aromatic heterocycles. The van der Waals surface area contributed by atoms with Gasteiger partial charge in [-0.25, -0.2) is 4.98 Å². The minimum atomic E-state index is -0.309. The fourth-order valence-corrected chi connectivity index (χ4v) is 5.00. The van der Waals surface area contributed by atoms with Gasteiger partial charge in [0.1, 0.15) is 11.7 Å². The number of hydrogen-bond donors (Lipinski definition) is 1. The van der Waals surface area contributed by atoms with Crippen molar-refractivity contribution in [3.63, 3.8) is 0 Å². The molecule has 4 rings (SSSR count). The summed E-state index contributed by atoms with van der Waals surface area (Å²) in [5, 5.41) is 9.88. The average molecular weight is 491 g/mol. The molecule has 0 radical (unpaired) electrons. The number of aliphatic hydroxyl groups is 1. The minimum absolute atomic E-state index is 0.0417. The molecule has 36 heavy (non-hydrogen) atoms. The van der Waals surface area contributed by atoms with Crippen LogP contribution in [0.2, 0.25) is 0 Å². The van der Waals surface area contributed by atoms with Crippen molar-refractivity contribution in [3.05, 3.63) is 53.5 Å². The Morgan fingerprint density at radius 2 is 2.08 bits per heavy atom. The second-order valence-electron chi connectivity index (χ2n) is 10.4. The van der Waals surface area contributed by atoms with Gasteiger partial charge in [0.25, 0.3) is 5.91 Å². The molecule has 0 aromatic carbocycles. The second kappa shape index (κ2) is 12.3. The molecular weight excluding hydrogens is 452 g/mol. The number of fused-ring (bicyclic) bond motifs is 1. The highest BCUT2D eigenvalue weighted by molar-refractivity contribution is 5.97. The fourth-order valence-electron chi connectivity index (χ4n) is 5.00. The lowest BCUT2D eigenvalue weighted by Crippen LogP contribution is -2.49. The van der Waals surface area contributed by atoms with Gasteiger partial charge in [-0.15, -0.1) is 0 Å². The molecule has 2 aliphatic rings. The summed E-state index contributed by atoms with van der Waals surface area (Å²) >= 11 is 0. The van der Waals surface area contributed by atoms with Crippen LogP contribution in [0.4, 0.5) is 0 Å². The maximum Gasteiger partial charge on any atom is 0.259 e. The predicted molar refractivity (Wildman–Crippen MR) is 139 cm³/mol. The largest absolute Gasteiger partial charge is 0.472 e. The van der Waals surface area contributed by atoms with Crippen molar-refractivity contribution in [2.75, 3.05) is 26.7 Å². The molecule has 0 unspecified atom stereocenters. The summed E-state index contributed by atoms with van der Waals surface area (Å²) in [7, 11) is 2.05. The highest BCUT2D eigenvalue weighted by atomic mass is 16.5. The van der Waals surface area contributed by atoms with E-state index >= 15 is 0 Å². The minimum Gasteiger partial charge on any atom is -0.472 e. The van der Waals surface area contributed by atoms with E-state index in [1.807, 2.05) is 25.3 Å². The molecule has 0 bridgehead atoms. The van der Waals surface area contributed by atoms with Gasteiger partial charge in [-0.05, 0) is 44.5 Å². The first-order chi connectivity index (χ1) is 17.4. The lowest BCUT2D eigenvalue weighted by atomic mass is 9.90. The zero-order valence-corrected chi connectivity index (χ0v) is 21.7. The predicted octanol–water partition coefficient (Wildman–Crippen LogP) is 3.76. The quantitative estimate of drug-likeness (QED) is 0.622. The number of amides is 1. The Kier molecular flexibility index (Phi) is 8.95. The van der Waals surface area contributed by atoms with Crippen LogP contribution in [0, 0.1) is 23.7 Å². The summed E-state index contributed by atoms with van der Waals surface area (Å²) in [6.45, 7) is 5.75. The molecular formula is C29H38N4O3. The Balaban J connectivity index is 1.59. The van der Waals surface area contributed by atoms with E-state index in [1.165, 1.54) is 19.3 Å². The van der Waals surface area contributed by atoms with E-state index in [4.69, 9.17) is 4.74 Å². The van der Waals surface area contributed by atoms with Gasteiger partial charge >= 0.3 is 0 Å². The van der Waals surface area contributed by atoms with E-state index in [-0.39, 0.29) is 30.6 Å². The highest BCUT2D eigenvalue weighted by Gasteiger charge is 2.34. The summed E-state index contributed by atoms with van der Waals surface area (Å²) in [6, 6.07) is 5.50. The van der Waals surface area contributed by atoms with Crippen LogP contribution in [-0.2, 0) is 6.54 Å². The zero-order chi connectivity index (χ0) is 25.5. The molecule has 1 amide bonds. The van der Waals surface area contributed by atoms with E-state index in [1.54, 1.807) is 17.3 Å². The van der Waals surface area contributed by atoms with Gasteiger partial charge in [0.15, 0.2) is 0 Å². The number of carbonyl (C=O) groups excluding carboxylic acids is 1. The number of aromatic nitrogens is 2. The van der Waals surface area contributed by atoms with E-state index in [0.717, 1.165) is 30.5 Å². The van der Waals surface area contributed by atoms with E-state index in [9.17, 15) is 9.90 Å². The van der Waals surface area contributed by atoms with Crippen LogP contribution in [0.3, 0.4) is 0 Å². The third-order valence-corrected chi connectivity index (χ3v) is 7.21. The van der Waals surface area contributed by atoms with Gasteiger partial charge < -0.3 is 14.7 Å². The maximum atomic E-state index is 13.6. The third-order valence-electron chi connectivity index (χ3n) is 7.21. The summed E-state index contributed by atoms with van der Waals surface area (Å²) in [5.74, 6) is 7.27. The van der Waals surface area contributed by atoms with Crippen LogP contribution in [0.15, 0.2) is 36.8 Å². The van der Waals surface area contributed by atoms with Gasteiger partial charge in [0.2, 0.25) is 5.88 Å². The monoisotopic (exact) mass is 490 g/mol. The average Bonchev–Trinajstić information content (AvgIpc) is 2.90. The molecule has 3 atom stereocenters. The lowest BCUT2D eigenvalue weighted by molar-refractivity contribution is 0.0325.